The molecule has 0 fully saturated rings. The highest BCUT2D eigenvalue weighted by atomic mass is 16.5. The second-order valence-electron chi connectivity index (χ2n) is 3.06. The van der Waals surface area contributed by atoms with Gasteiger partial charge in [-0.15, -0.1) is 0 Å². The molecule has 0 aliphatic heterocycles. The molecule has 3 heteroatoms. The second-order valence-corrected chi connectivity index (χ2v) is 3.06. The molecule has 0 aliphatic rings. The average molecular weight is 181 g/mol. The van der Waals surface area contributed by atoms with E-state index in [0.29, 0.717) is 12.3 Å². The van der Waals surface area contributed by atoms with Gasteiger partial charge in [-0.3, -0.25) is 0 Å². The minimum atomic E-state index is 0.197. The zero-order chi connectivity index (χ0) is 10.0. The first kappa shape index (κ1) is 9.86. The molecule has 0 radical (unpaired) electrons. The van der Waals surface area contributed by atoms with Gasteiger partial charge in [-0.05, 0) is 25.0 Å². The molecular formula is C10H15NO2. The Morgan fingerprint density at radius 2 is 2.08 bits per heavy atom. The lowest BCUT2D eigenvalue weighted by Gasteiger charge is -2.12. The van der Waals surface area contributed by atoms with Crippen LogP contribution in [0.3, 0.4) is 0 Å². The molecule has 0 spiro atoms. The standard InChI is InChI=1S/C10H15NO2/c1-6-4-8(5-11)10(13-3)9(12)7(6)2/h4,12H,5,11H2,1-3H3. The molecule has 0 bridgehead atoms. The van der Waals surface area contributed by atoms with E-state index in [4.69, 9.17) is 10.5 Å². The Bertz CT molecular complexity index is 321. The van der Waals surface area contributed by atoms with E-state index in [-0.39, 0.29) is 5.75 Å². The van der Waals surface area contributed by atoms with Crippen molar-refractivity contribution in [3.05, 3.63) is 22.8 Å². The first-order valence-corrected chi connectivity index (χ1v) is 4.18. The first-order chi connectivity index (χ1) is 6.11. The average Bonchev–Trinajstić information content (AvgIpc) is 2.13. The van der Waals surface area contributed by atoms with Crippen molar-refractivity contribution in [2.75, 3.05) is 7.11 Å². The third kappa shape index (κ3) is 1.60. The number of ether oxygens (including phenoxy) is 1. The molecule has 0 heterocycles. The van der Waals surface area contributed by atoms with Crippen LogP contribution in [0.4, 0.5) is 0 Å². The molecular weight excluding hydrogens is 166 g/mol. The summed E-state index contributed by atoms with van der Waals surface area (Å²) in [6.45, 7) is 4.17. The molecule has 0 aromatic heterocycles. The number of phenolic OH excluding ortho intramolecular Hbond substituents is 1. The summed E-state index contributed by atoms with van der Waals surface area (Å²) >= 11 is 0. The minimum absolute atomic E-state index is 0.197. The van der Waals surface area contributed by atoms with Gasteiger partial charge in [0.2, 0.25) is 0 Å². The second kappa shape index (κ2) is 3.66. The van der Waals surface area contributed by atoms with E-state index < -0.39 is 0 Å². The Labute approximate surface area is 78.1 Å². The van der Waals surface area contributed by atoms with Crippen LogP contribution >= 0.6 is 0 Å². The van der Waals surface area contributed by atoms with Crippen LogP contribution in [0.5, 0.6) is 11.5 Å². The molecule has 13 heavy (non-hydrogen) atoms. The predicted octanol–water partition coefficient (Wildman–Crippen LogP) is 1.48. The van der Waals surface area contributed by atoms with Crippen molar-refractivity contribution in [2.45, 2.75) is 20.4 Å². The summed E-state index contributed by atoms with van der Waals surface area (Å²) in [5, 5.41) is 9.71. The normalized spacial score (nSPS) is 10.2. The Hall–Kier alpha value is -1.22. The summed E-state index contributed by atoms with van der Waals surface area (Å²) in [6.07, 6.45) is 0. The molecule has 1 aromatic carbocycles. The van der Waals surface area contributed by atoms with E-state index >= 15 is 0 Å². The first-order valence-electron chi connectivity index (χ1n) is 4.18. The lowest BCUT2D eigenvalue weighted by atomic mass is 10.0. The van der Waals surface area contributed by atoms with Crippen LogP contribution in [-0.4, -0.2) is 12.2 Å². The van der Waals surface area contributed by atoms with Crippen LogP contribution < -0.4 is 10.5 Å². The molecule has 0 saturated heterocycles. The van der Waals surface area contributed by atoms with E-state index in [1.165, 1.54) is 7.11 Å². The fraction of sp³-hybridized carbons (Fsp3) is 0.400. The van der Waals surface area contributed by atoms with E-state index in [0.717, 1.165) is 16.7 Å². The molecule has 0 unspecified atom stereocenters. The van der Waals surface area contributed by atoms with E-state index in [1.54, 1.807) is 0 Å². The van der Waals surface area contributed by atoms with Crippen molar-refractivity contribution in [1.29, 1.82) is 0 Å². The molecule has 72 valence electrons. The quantitative estimate of drug-likeness (QED) is 0.726. The Morgan fingerprint density at radius 3 is 2.54 bits per heavy atom. The van der Waals surface area contributed by atoms with Gasteiger partial charge in [0.1, 0.15) is 0 Å². The Morgan fingerprint density at radius 1 is 1.46 bits per heavy atom. The van der Waals surface area contributed by atoms with Gasteiger partial charge >= 0.3 is 0 Å². The number of aromatic hydroxyl groups is 1. The maximum absolute atomic E-state index is 9.71. The number of hydrogen-bond donors (Lipinski definition) is 2. The number of methoxy groups -OCH3 is 1. The maximum Gasteiger partial charge on any atom is 0.165 e. The Kier molecular flexibility index (Phi) is 2.78. The summed E-state index contributed by atoms with van der Waals surface area (Å²) in [6, 6.07) is 1.94. The minimum Gasteiger partial charge on any atom is -0.504 e. The van der Waals surface area contributed by atoms with Crippen molar-refractivity contribution < 1.29 is 9.84 Å². The van der Waals surface area contributed by atoms with Gasteiger partial charge in [0.05, 0.1) is 7.11 Å². The van der Waals surface area contributed by atoms with Crippen molar-refractivity contribution in [1.82, 2.24) is 0 Å². The van der Waals surface area contributed by atoms with E-state index in [2.05, 4.69) is 0 Å². The SMILES string of the molecule is COc1c(CN)cc(C)c(C)c1O. The molecule has 3 N–H and O–H groups in total. The van der Waals surface area contributed by atoms with Crippen molar-refractivity contribution in [3.63, 3.8) is 0 Å². The van der Waals surface area contributed by atoms with Crippen LogP contribution in [0.25, 0.3) is 0 Å². The topological polar surface area (TPSA) is 55.5 Å². The molecule has 0 saturated carbocycles. The van der Waals surface area contributed by atoms with Crippen molar-refractivity contribution >= 4 is 0 Å². The van der Waals surface area contributed by atoms with Gasteiger partial charge in [-0.25, -0.2) is 0 Å². The van der Waals surface area contributed by atoms with E-state index in [9.17, 15) is 5.11 Å². The van der Waals surface area contributed by atoms with Crippen LogP contribution in [0.2, 0.25) is 0 Å². The largest absolute Gasteiger partial charge is 0.504 e. The van der Waals surface area contributed by atoms with Gasteiger partial charge in [-0.1, -0.05) is 6.07 Å². The van der Waals surface area contributed by atoms with Crippen molar-refractivity contribution in [3.8, 4) is 11.5 Å². The lowest BCUT2D eigenvalue weighted by Crippen LogP contribution is -2.01. The summed E-state index contributed by atoms with van der Waals surface area (Å²) in [5.74, 6) is 0.688. The molecule has 0 amide bonds. The van der Waals surface area contributed by atoms with Crippen LogP contribution in [-0.2, 0) is 6.54 Å². The number of phenols is 1. The monoisotopic (exact) mass is 181 g/mol. The highest BCUT2D eigenvalue weighted by Crippen LogP contribution is 2.35. The fourth-order valence-corrected chi connectivity index (χ4v) is 1.32. The number of aryl methyl sites for hydroxylation is 1. The van der Waals surface area contributed by atoms with Gasteiger partial charge < -0.3 is 15.6 Å². The summed E-state index contributed by atoms with van der Waals surface area (Å²) in [7, 11) is 1.53. The van der Waals surface area contributed by atoms with Gasteiger partial charge in [0, 0.05) is 12.1 Å². The lowest BCUT2D eigenvalue weighted by molar-refractivity contribution is 0.367. The highest BCUT2D eigenvalue weighted by Gasteiger charge is 2.11. The summed E-state index contributed by atoms with van der Waals surface area (Å²) < 4.78 is 5.07. The fourth-order valence-electron chi connectivity index (χ4n) is 1.32. The number of rotatable bonds is 2. The third-order valence-electron chi connectivity index (χ3n) is 2.27. The predicted molar refractivity (Wildman–Crippen MR) is 52.0 cm³/mol. The molecule has 3 nitrogen and oxygen atoms in total. The van der Waals surface area contributed by atoms with Crippen molar-refractivity contribution in [2.24, 2.45) is 5.73 Å². The molecule has 0 aliphatic carbocycles. The Balaban J connectivity index is 3.39. The smallest absolute Gasteiger partial charge is 0.165 e. The number of nitrogens with two attached hydrogens (primary N) is 1. The molecule has 1 rings (SSSR count). The zero-order valence-electron chi connectivity index (χ0n) is 8.22. The number of benzene rings is 1. The maximum atomic E-state index is 9.71. The molecule has 1 aromatic rings. The summed E-state index contributed by atoms with van der Waals surface area (Å²) in [4.78, 5) is 0. The number of hydrogen-bond acceptors (Lipinski definition) is 3. The van der Waals surface area contributed by atoms with Gasteiger partial charge in [-0.2, -0.15) is 0 Å². The van der Waals surface area contributed by atoms with Crippen LogP contribution in [0, 0.1) is 13.8 Å². The van der Waals surface area contributed by atoms with Gasteiger partial charge in [0.25, 0.3) is 0 Å². The van der Waals surface area contributed by atoms with Crippen LogP contribution in [0.1, 0.15) is 16.7 Å². The highest BCUT2D eigenvalue weighted by molar-refractivity contribution is 5.53. The zero-order valence-corrected chi connectivity index (χ0v) is 8.22. The summed E-state index contributed by atoms with van der Waals surface area (Å²) in [5.41, 5.74) is 8.23. The van der Waals surface area contributed by atoms with Crippen LogP contribution in [0.15, 0.2) is 6.07 Å². The molecule has 0 atom stereocenters. The van der Waals surface area contributed by atoms with Gasteiger partial charge in [0.15, 0.2) is 11.5 Å². The van der Waals surface area contributed by atoms with E-state index in [1.807, 2.05) is 19.9 Å². The third-order valence-corrected chi connectivity index (χ3v) is 2.27.